The van der Waals surface area contributed by atoms with E-state index in [1.807, 2.05) is 109 Å². The maximum atomic E-state index is 13.0. The second kappa shape index (κ2) is 8.36. The van der Waals surface area contributed by atoms with Crippen LogP contribution in [0.25, 0.3) is 22.3 Å². The zero-order valence-electron chi connectivity index (χ0n) is 15.8. The number of Topliss-reactive ketones (excluding diaryl/α,β-unsaturated/α-hetero) is 1. The molecule has 140 valence electrons. The van der Waals surface area contributed by atoms with Crippen LogP contribution in [0.3, 0.4) is 0 Å². The number of carbonyl (C=O) groups excluding carboxylic acids is 1. The van der Waals surface area contributed by atoms with Crippen molar-refractivity contribution in [2.75, 3.05) is 0 Å². The molecule has 0 amide bonds. The Balaban J connectivity index is 1.57. The molecule has 3 nitrogen and oxygen atoms in total. The summed E-state index contributed by atoms with van der Waals surface area (Å²) < 4.78 is 0. The normalized spacial score (nSPS) is 11.2. The van der Waals surface area contributed by atoms with Gasteiger partial charge in [-0.1, -0.05) is 109 Å². The number of ketones is 1. The molecule has 0 aliphatic rings. The van der Waals surface area contributed by atoms with Gasteiger partial charge in [-0.2, -0.15) is 5.10 Å². The average molecular weight is 376 g/mol. The molecule has 0 unspecified atom stereocenters. The predicted octanol–water partition coefficient (Wildman–Crippen LogP) is 5.57. The first-order valence-electron chi connectivity index (χ1n) is 9.40. The smallest absolute Gasteiger partial charge is 0.213 e. The van der Waals surface area contributed by atoms with Gasteiger partial charge in [-0.25, -0.2) is 0 Å². The molecule has 0 saturated heterocycles. The molecule has 0 spiro atoms. The van der Waals surface area contributed by atoms with Crippen LogP contribution in [0, 0.1) is 0 Å². The Kier molecular flexibility index (Phi) is 5.30. The lowest BCUT2D eigenvalue weighted by molar-refractivity contribution is 0.106. The Morgan fingerprint density at radius 3 is 1.31 bits per heavy atom. The Bertz CT molecular complexity index is 1130. The van der Waals surface area contributed by atoms with Gasteiger partial charge in [0.1, 0.15) is 5.71 Å². The largest absolute Gasteiger partial charge is 0.323 e. The van der Waals surface area contributed by atoms with Crippen LogP contribution in [-0.2, 0) is 0 Å². The predicted molar refractivity (Wildman–Crippen MR) is 119 cm³/mol. The highest BCUT2D eigenvalue weighted by Gasteiger charge is 2.16. The first-order chi connectivity index (χ1) is 14.3. The van der Waals surface area contributed by atoms with E-state index in [0.717, 1.165) is 22.3 Å². The van der Waals surface area contributed by atoms with E-state index in [2.05, 4.69) is 5.10 Å². The standard InChI is InChI=1S/C26H20N2O/c27-28-25(23-15-11-21(12-16-23)19-7-3-1-4-8-19)26(29)24-17-13-22(14-18-24)20-9-5-2-6-10-20/h1-18H,27H2/b28-25+. The molecule has 0 aliphatic heterocycles. The van der Waals surface area contributed by atoms with Gasteiger partial charge in [-0.3, -0.25) is 4.79 Å². The molecule has 4 rings (SSSR count). The topological polar surface area (TPSA) is 55.4 Å². The summed E-state index contributed by atoms with van der Waals surface area (Å²) >= 11 is 0. The number of carbonyl (C=O) groups is 1. The van der Waals surface area contributed by atoms with Crippen molar-refractivity contribution in [3.63, 3.8) is 0 Å². The van der Waals surface area contributed by atoms with Gasteiger partial charge in [0, 0.05) is 11.1 Å². The Morgan fingerprint density at radius 1 is 0.517 bits per heavy atom. The van der Waals surface area contributed by atoms with E-state index >= 15 is 0 Å². The highest BCUT2D eigenvalue weighted by atomic mass is 16.1. The van der Waals surface area contributed by atoms with Crippen LogP contribution in [0.1, 0.15) is 15.9 Å². The molecule has 0 aliphatic carbocycles. The van der Waals surface area contributed by atoms with Crippen molar-refractivity contribution in [3.8, 4) is 22.3 Å². The molecule has 0 radical (unpaired) electrons. The summed E-state index contributed by atoms with van der Waals surface area (Å²) in [6, 6.07) is 35.3. The fourth-order valence-corrected chi connectivity index (χ4v) is 3.30. The van der Waals surface area contributed by atoms with Crippen molar-refractivity contribution in [1.82, 2.24) is 0 Å². The summed E-state index contributed by atoms with van der Waals surface area (Å²) in [5, 5.41) is 3.78. The fourth-order valence-electron chi connectivity index (χ4n) is 3.30. The van der Waals surface area contributed by atoms with Crippen LogP contribution < -0.4 is 5.84 Å². The van der Waals surface area contributed by atoms with Gasteiger partial charge >= 0.3 is 0 Å². The number of hydrazone groups is 1. The third-order valence-corrected chi connectivity index (χ3v) is 4.86. The van der Waals surface area contributed by atoms with Gasteiger partial charge in [0.15, 0.2) is 0 Å². The number of nitrogens with zero attached hydrogens (tertiary/aromatic N) is 1. The van der Waals surface area contributed by atoms with E-state index in [0.29, 0.717) is 11.1 Å². The van der Waals surface area contributed by atoms with E-state index in [1.54, 1.807) is 0 Å². The van der Waals surface area contributed by atoms with Gasteiger partial charge in [0.2, 0.25) is 5.78 Å². The minimum Gasteiger partial charge on any atom is -0.323 e. The fraction of sp³-hybridized carbons (Fsp3) is 0. The summed E-state index contributed by atoms with van der Waals surface area (Å²) in [5.74, 6) is 5.39. The third-order valence-electron chi connectivity index (χ3n) is 4.86. The highest BCUT2D eigenvalue weighted by molar-refractivity contribution is 6.51. The van der Waals surface area contributed by atoms with Crippen molar-refractivity contribution in [3.05, 3.63) is 120 Å². The zero-order chi connectivity index (χ0) is 20.1. The van der Waals surface area contributed by atoms with Crippen molar-refractivity contribution < 1.29 is 4.79 Å². The molecule has 0 saturated carbocycles. The molecule has 0 heterocycles. The molecule has 3 heteroatoms. The first-order valence-corrected chi connectivity index (χ1v) is 9.40. The Hall–Kier alpha value is -3.98. The van der Waals surface area contributed by atoms with E-state index in [9.17, 15) is 4.79 Å². The number of hydrogen-bond acceptors (Lipinski definition) is 3. The van der Waals surface area contributed by atoms with E-state index in [4.69, 9.17) is 5.84 Å². The van der Waals surface area contributed by atoms with Crippen LogP contribution >= 0.6 is 0 Å². The van der Waals surface area contributed by atoms with Crippen LogP contribution in [0.15, 0.2) is 114 Å². The van der Waals surface area contributed by atoms with E-state index in [1.165, 1.54) is 0 Å². The lowest BCUT2D eigenvalue weighted by atomic mass is 9.96. The maximum Gasteiger partial charge on any atom is 0.213 e. The summed E-state index contributed by atoms with van der Waals surface area (Å²) in [6.07, 6.45) is 0. The SMILES string of the molecule is N/N=C(/C(=O)c1ccc(-c2ccccc2)cc1)c1ccc(-c2ccccc2)cc1. The molecule has 0 atom stereocenters. The molecule has 0 aromatic heterocycles. The first kappa shape index (κ1) is 18.4. The molecule has 0 fully saturated rings. The summed E-state index contributed by atoms with van der Waals surface area (Å²) in [4.78, 5) is 13.0. The Morgan fingerprint density at radius 2 is 0.897 bits per heavy atom. The number of nitrogens with two attached hydrogens (primary N) is 1. The molecular formula is C26H20N2O. The zero-order valence-corrected chi connectivity index (χ0v) is 15.8. The average Bonchev–Trinajstić information content (AvgIpc) is 2.81. The molecule has 4 aromatic carbocycles. The van der Waals surface area contributed by atoms with Gasteiger partial charge in [-0.05, 0) is 22.3 Å². The molecule has 2 N–H and O–H groups in total. The van der Waals surface area contributed by atoms with Gasteiger partial charge < -0.3 is 5.84 Å². The van der Waals surface area contributed by atoms with Crippen LogP contribution in [0.2, 0.25) is 0 Å². The highest BCUT2D eigenvalue weighted by Crippen LogP contribution is 2.22. The summed E-state index contributed by atoms with van der Waals surface area (Å²) in [6.45, 7) is 0. The molecular weight excluding hydrogens is 356 g/mol. The molecule has 29 heavy (non-hydrogen) atoms. The maximum absolute atomic E-state index is 13.0. The van der Waals surface area contributed by atoms with Crippen molar-refractivity contribution >= 4 is 11.5 Å². The second-order valence-electron chi connectivity index (χ2n) is 6.69. The van der Waals surface area contributed by atoms with E-state index < -0.39 is 0 Å². The molecule has 0 bridgehead atoms. The third kappa shape index (κ3) is 3.99. The molecule has 4 aromatic rings. The quantitative estimate of drug-likeness (QED) is 0.214. The lowest BCUT2D eigenvalue weighted by Gasteiger charge is -2.08. The van der Waals surface area contributed by atoms with Crippen molar-refractivity contribution in [2.24, 2.45) is 10.9 Å². The van der Waals surface area contributed by atoms with Gasteiger partial charge in [0.05, 0.1) is 0 Å². The van der Waals surface area contributed by atoms with Gasteiger partial charge in [0.25, 0.3) is 0 Å². The minimum atomic E-state index is -0.195. The monoisotopic (exact) mass is 376 g/mol. The van der Waals surface area contributed by atoms with E-state index in [-0.39, 0.29) is 11.5 Å². The Labute approximate surface area is 170 Å². The second-order valence-corrected chi connectivity index (χ2v) is 6.69. The number of benzene rings is 4. The summed E-state index contributed by atoms with van der Waals surface area (Å²) in [5.41, 5.74) is 5.86. The van der Waals surface area contributed by atoms with Crippen LogP contribution in [-0.4, -0.2) is 11.5 Å². The lowest BCUT2D eigenvalue weighted by Crippen LogP contribution is -2.17. The minimum absolute atomic E-state index is 0.195. The van der Waals surface area contributed by atoms with Crippen molar-refractivity contribution in [1.29, 1.82) is 0 Å². The number of hydrogen-bond donors (Lipinski definition) is 1. The number of rotatable bonds is 5. The van der Waals surface area contributed by atoms with Gasteiger partial charge in [-0.15, -0.1) is 0 Å². The van der Waals surface area contributed by atoms with Crippen molar-refractivity contribution in [2.45, 2.75) is 0 Å². The van der Waals surface area contributed by atoms with Crippen LogP contribution in [0.4, 0.5) is 0 Å². The van der Waals surface area contributed by atoms with Crippen LogP contribution in [0.5, 0.6) is 0 Å². The summed E-state index contributed by atoms with van der Waals surface area (Å²) in [7, 11) is 0.